The molecule has 2 rings (SSSR count). The molecule has 0 fully saturated rings. The van der Waals surface area contributed by atoms with Crippen molar-refractivity contribution in [2.24, 2.45) is 0 Å². The summed E-state index contributed by atoms with van der Waals surface area (Å²) in [4.78, 5) is 0.415. The number of unbranched alkanes of at least 4 members (excludes halogenated alkanes) is 2. The average molecular weight is 251 g/mol. The quantitative estimate of drug-likeness (QED) is 0.818. The van der Waals surface area contributed by atoms with Crippen molar-refractivity contribution in [1.82, 2.24) is 5.32 Å². The summed E-state index contributed by atoms with van der Waals surface area (Å²) < 4.78 is 23.7. The number of fused-ring (bicyclic) bond motifs is 1. The second-order valence-electron chi connectivity index (χ2n) is 4.21. The zero-order valence-electron chi connectivity index (χ0n) is 9.94. The van der Waals surface area contributed by atoms with Crippen LogP contribution in [0.3, 0.4) is 0 Å². The second kappa shape index (κ2) is 4.92. The van der Waals surface area contributed by atoms with E-state index in [2.05, 4.69) is 12.2 Å². The first-order chi connectivity index (χ1) is 8.15. The molecule has 0 saturated heterocycles. The summed E-state index contributed by atoms with van der Waals surface area (Å²) in [6, 6.07) is 7.12. The summed E-state index contributed by atoms with van der Waals surface area (Å²) in [5.41, 5.74) is 1.53. The molecule has 1 aliphatic heterocycles. The molecule has 1 aromatic rings. The molecule has 0 aromatic heterocycles. The number of hydrogen-bond acceptors (Lipinski definition) is 3. The summed E-state index contributed by atoms with van der Waals surface area (Å²) in [5.74, 6) is 0. The van der Waals surface area contributed by atoms with Gasteiger partial charge in [-0.3, -0.25) is 0 Å². The number of hydrogen-bond donors (Lipinski definition) is 1. The highest BCUT2D eigenvalue weighted by Gasteiger charge is 2.25. The fraction of sp³-hybridized carbons (Fsp3) is 0.385. The Morgan fingerprint density at radius 3 is 2.71 bits per heavy atom. The molecular formula is C13H17NO2S. The summed E-state index contributed by atoms with van der Waals surface area (Å²) >= 11 is 0. The smallest absolute Gasteiger partial charge is 0.202 e. The van der Waals surface area contributed by atoms with Gasteiger partial charge in [-0.1, -0.05) is 38.0 Å². The van der Waals surface area contributed by atoms with E-state index in [0.29, 0.717) is 4.90 Å². The maximum Gasteiger partial charge on any atom is 0.202 e. The van der Waals surface area contributed by atoms with Gasteiger partial charge < -0.3 is 5.32 Å². The van der Waals surface area contributed by atoms with E-state index in [-0.39, 0.29) is 0 Å². The van der Waals surface area contributed by atoms with Crippen LogP contribution in [-0.2, 0) is 9.84 Å². The van der Waals surface area contributed by atoms with Crippen LogP contribution in [0.25, 0.3) is 5.70 Å². The van der Waals surface area contributed by atoms with Gasteiger partial charge in [-0.15, -0.1) is 0 Å². The minimum atomic E-state index is -3.22. The minimum absolute atomic E-state index is 0.415. The zero-order valence-corrected chi connectivity index (χ0v) is 10.8. The molecule has 3 nitrogen and oxygen atoms in total. The largest absolute Gasteiger partial charge is 0.384 e. The number of nitrogens with one attached hydrogen (secondary N) is 1. The highest BCUT2D eigenvalue weighted by Crippen LogP contribution is 2.31. The van der Waals surface area contributed by atoms with Crippen LogP contribution in [0.15, 0.2) is 34.6 Å². The Hall–Kier alpha value is -1.29. The van der Waals surface area contributed by atoms with E-state index in [1.54, 1.807) is 12.1 Å². The van der Waals surface area contributed by atoms with Crippen molar-refractivity contribution < 1.29 is 8.42 Å². The molecule has 1 heterocycles. The molecule has 92 valence electrons. The lowest BCUT2D eigenvalue weighted by molar-refractivity contribution is 0.605. The van der Waals surface area contributed by atoms with E-state index in [9.17, 15) is 8.42 Å². The molecule has 0 aliphatic carbocycles. The summed E-state index contributed by atoms with van der Waals surface area (Å²) in [5, 5.41) is 4.55. The van der Waals surface area contributed by atoms with Crippen molar-refractivity contribution in [3.63, 3.8) is 0 Å². The van der Waals surface area contributed by atoms with E-state index in [0.717, 1.165) is 37.1 Å². The van der Waals surface area contributed by atoms with E-state index in [4.69, 9.17) is 0 Å². The fourth-order valence-electron chi connectivity index (χ4n) is 1.95. The Kier molecular flexibility index (Phi) is 3.52. The zero-order chi connectivity index (χ0) is 12.3. The van der Waals surface area contributed by atoms with Crippen LogP contribution < -0.4 is 5.32 Å². The third kappa shape index (κ3) is 2.52. The van der Waals surface area contributed by atoms with Crippen LogP contribution in [0.1, 0.15) is 31.7 Å². The fourth-order valence-corrected chi connectivity index (χ4v) is 3.35. The van der Waals surface area contributed by atoms with Crippen molar-refractivity contribution in [2.45, 2.75) is 31.1 Å². The average Bonchev–Trinajstić information content (AvgIpc) is 2.58. The van der Waals surface area contributed by atoms with Crippen molar-refractivity contribution >= 4 is 15.5 Å². The van der Waals surface area contributed by atoms with Crippen molar-refractivity contribution in [3.05, 3.63) is 35.2 Å². The maximum atomic E-state index is 11.8. The Labute approximate surface area is 102 Å². The van der Waals surface area contributed by atoms with Gasteiger partial charge >= 0.3 is 0 Å². The van der Waals surface area contributed by atoms with Gasteiger partial charge in [0.2, 0.25) is 9.84 Å². The molecule has 17 heavy (non-hydrogen) atoms. The van der Waals surface area contributed by atoms with Crippen molar-refractivity contribution in [1.29, 1.82) is 0 Å². The standard InChI is InChI=1S/C13H17NO2S/c1-2-3-6-9-14-12-10-17(15,16)13-8-5-4-7-11(12)13/h4-5,7-8,10,14H,2-3,6,9H2,1H3. The molecule has 0 amide bonds. The summed E-state index contributed by atoms with van der Waals surface area (Å²) in [7, 11) is -3.22. The van der Waals surface area contributed by atoms with Gasteiger partial charge in [0.05, 0.1) is 16.0 Å². The lowest BCUT2D eigenvalue weighted by Crippen LogP contribution is -2.12. The molecule has 0 saturated carbocycles. The molecular weight excluding hydrogens is 234 g/mol. The first-order valence-electron chi connectivity index (χ1n) is 5.95. The molecule has 0 radical (unpaired) electrons. The molecule has 1 aliphatic rings. The Morgan fingerprint density at radius 1 is 1.18 bits per heavy atom. The number of rotatable bonds is 5. The molecule has 1 N–H and O–H groups in total. The highest BCUT2D eigenvalue weighted by atomic mass is 32.2. The number of benzene rings is 1. The molecule has 0 unspecified atom stereocenters. The molecule has 4 heteroatoms. The monoisotopic (exact) mass is 251 g/mol. The second-order valence-corrected chi connectivity index (χ2v) is 5.97. The number of sulfone groups is 1. The Balaban J connectivity index is 2.15. The molecule has 1 aromatic carbocycles. The lowest BCUT2D eigenvalue weighted by Gasteiger charge is -2.07. The van der Waals surface area contributed by atoms with Crippen LogP contribution in [0, 0.1) is 0 Å². The summed E-state index contributed by atoms with van der Waals surface area (Å²) in [6.07, 6.45) is 3.39. The van der Waals surface area contributed by atoms with E-state index >= 15 is 0 Å². The van der Waals surface area contributed by atoms with Gasteiger partial charge in [0.1, 0.15) is 0 Å². The van der Waals surface area contributed by atoms with Gasteiger partial charge in [-0.25, -0.2) is 8.42 Å². The van der Waals surface area contributed by atoms with Gasteiger partial charge in [0, 0.05) is 12.1 Å². The minimum Gasteiger partial charge on any atom is -0.384 e. The predicted molar refractivity (Wildman–Crippen MR) is 69.1 cm³/mol. The van der Waals surface area contributed by atoms with Crippen LogP contribution in [0.5, 0.6) is 0 Å². The SMILES string of the molecule is CCCCCNC1=CS(=O)(=O)c2ccccc21. The third-order valence-electron chi connectivity index (χ3n) is 2.85. The highest BCUT2D eigenvalue weighted by molar-refractivity contribution is 7.94. The maximum absolute atomic E-state index is 11.8. The Morgan fingerprint density at radius 2 is 1.94 bits per heavy atom. The summed E-state index contributed by atoms with van der Waals surface area (Å²) in [6.45, 7) is 2.97. The first-order valence-corrected chi connectivity index (χ1v) is 7.50. The van der Waals surface area contributed by atoms with Crippen LogP contribution >= 0.6 is 0 Å². The topological polar surface area (TPSA) is 46.2 Å². The van der Waals surface area contributed by atoms with Crippen LogP contribution in [0.2, 0.25) is 0 Å². The van der Waals surface area contributed by atoms with Gasteiger partial charge in [-0.05, 0) is 12.5 Å². The van der Waals surface area contributed by atoms with Crippen LogP contribution in [0.4, 0.5) is 0 Å². The predicted octanol–water partition coefficient (Wildman–Crippen LogP) is 2.55. The normalized spacial score (nSPS) is 16.4. The first kappa shape index (κ1) is 12.2. The van der Waals surface area contributed by atoms with Gasteiger partial charge in [0.25, 0.3) is 0 Å². The van der Waals surface area contributed by atoms with E-state index in [1.807, 2.05) is 12.1 Å². The van der Waals surface area contributed by atoms with E-state index in [1.165, 1.54) is 5.41 Å². The lowest BCUT2D eigenvalue weighted by atomic mass is 10.1. The van der Waals surface area contributed by atoms with Crippen LogP contribution in [-0.4, -0.2) is 15.0 Å². The van der Waals surface area contributed by atoms with Crippen molar-refractivity contribution in [3.8, 4) is 0 Å². The van der Waals surface area contributed by atoms with E-state index < -0.39 is 9.84 Å². The van der Waals surface area contributed by atoms with Crippen molar-refractivity contribution in [2.75, 3.05) is 6.54 Å². The van der Waals surface area contributed by atoms with Gasteiger partial charge in [-0.2, -0.15) is 0 Å². The van der Waals surface area contributed by atoms with Gasteiger partial charge in [0.15, 0.2) is 0 Å². The third-order valence-corrected chi connectivity index (χ3v) is 4.37. The Bertz CT molecular complexity index is 532. The molecule has 0 spiro atoms. The molecule has 0 atom stereocenters. The molecule has 0 bridgehead atoms.